The van der Waals surface area contributed by atoms with Crippen molar-refractivity contribution in [2.24, 2.45) is 5.10 Å². The third-order valence-corrected chi connectivity index (χ3v) is 3.97. The first-order chi connectivity index (χ1) is 12.1. The Morgan fingerprint density at radius 1 is 1.04 bits per heavy atom. The number of hydrogen-bond acceptors (Lipinski definition) is 3. The van der Waals surface area contributed by atoms with E-state index in [-0.39, 0.29) is 5.91 Å². The first-order valence-electron chi connectivity index (χ1n) is 8.17. The normalized spacial score (nSPS) is 12.2. The molecule has 3 rings (SSSR count). The minimum atomic E-state index is -0.643. The van der Waals surface area contributed by atoms with Crippen LogP contribution in [0.25, 0.3) is 10.8 Å². The topological polar surface area (TPSA) is 50.7 Å². The van der Waals surface area contributed by atoms with Gasteiger partial charge in [-0.1, -0.05) is 54.6 Å². The zero-order chi connectivity index (χ0) is 17.6. The minimum absolute atomic E-state index is 0.294. The van der Waals surface area contributed by atoms with Gasteiger partial charge in [0.05, 0.1) is 6.21 Å². The molecule has 0 bridgehead atoms. The Hall–Kier alpha value is -3.14. The van der Waals surface area contributed by atoms with Crippen LogP contribution in [0.3, 0.4) is 0 Å². The summed E-state index contributed by atoms with van der Waals surface area (Å²) in [5.74, 6) is 0.363. The fourth-order valence-corrected chi connectivity index (χ4v) is 2.49. The molecule has 0 spiro atoms. The zero-order valence-electron chi connectivity index (χ0n) is 14.3. The van der Waals surface area contributed by atoms with Crippen LogP contribution in [0.4, 0.5) is 0 Å². The van der Waals surface area contributed by atoms with Gasteiger partial charge in [-0.05, 0) is 47.9 Å². The van der Waals surface area contributed by atoms with E-state index < -0.39 is 6.10 Å². The molecule has 0 aliphatic rings. The number of hydrazone groups is 1. The van der Waals surface area contributed by atoms with Gasteiger partial charge in [0.15, 0.2) is 6.10 Å². The smallest absolute Gasteiger partial charge is 0.280 e. The molecule has 0 aliphatic heterocycles. The van der Waals surface area contributed by atoms with E-state index in [0.717, 1.165) is 21.9 Å². The lowest BCUT2D eigenvalue weighted by molar-refractivity contribution is -0.127. The molecule has 0 radical (unpaired) electrons. The number of fused-ring (bicyclic) bond motifs is 1. The SMILES string of the molecule is Cc1ccccc1C=NNC(=O)C(C)Oc1ccc2ccccc2c1. The van der Waals surface area contributed by atoms with E-state index in [2.05, 4.69) is 10.5 Å². The Bertz CT molecular complexity index is 918. The van der Waals surface area contributed by atoms with Crippen molar-refractivity contribution in [3.8, 4) is 5.75 Å². The highest BCUT2D eigenvalue weighted by atomic mass is 16.5. The summed E-state index contributed by atoms with van der Waals surface area (Å²) >= 11 is 0. The second-order valence-corrected chi connectivity index (χ2v) is 5.86. The third kappa shape index (κ3) is 4.23. The summed E-state index contributed by atoms with van der Waals surface area (Å²) in [5.41, 5.74) is 4.58. The van der Waals surface area contributed by atoms with Crippen molar-refractivity contribution in [3.05, 3.63) is 77.9 Å². The standard InChI is InChI=1S/C21H20N2O2/c1-15-7-3-4-10-19(15)14-22-23-21(24)16(2)25-20-12-11-17-8-5-6-9-18(17)13-20/h3-14,16H,1-2H3,(H,23,24). The maximum Gasteiger partial charge on any atom is 0.280 e. The quantitative estimate of drug-likeness (QED) is 0.566. The van der Waals surface area contributed by atoms with Crippen molar-refractivity contribution in [2.75, 3.05) is 0 Å². The summed E-state index contributed by atoms with van der Waals surface area (Å²) < 4.78 is 5.72. The van der Waals surface area contributed by atoms with Crippen LogP contribution in [0.15, 0.2) is 71.8 Å². The number of rotatable bonds is 5. The van der Waals surface area contributed by atoms with Crippen molar-refractivity contribution < 1.29 is 9.53 Å². The largest absolute Gasteiger partial charge is 0.481 e. The molecule has 3 aromatic carbocycles. The van der Waals surface area contributed by atoms with E-state index in [0.29, 0.717) is 5.75 Å². The lowest BCUT2D eigenvalue weighted by Gasteiger charge is -2.13. The maximum atomic E-state index is 12.1. The number of ether oxygens (including phenoxy) is 1. The van der Waals surface area contributed by atoms with E-state index in [1.807, 2.05) is 73.7 Å². The first kappa shape index (κ1) is 16.7. The first-order valence-corrected chi connectivity index (χ1v) is 8.17. The molecule has 1 N–H and O–H groups in total. The maximum absolute atomic E-state index is 12.1. The van der Waals surface area contributed by atoms with Crippen molar-refractivity contribution in [2.45, 2.75) is 20.0 Å². The van der Waals surface area contributed by atoms with Gasteiger partial charge in [-0.2, -0.15) is 5.10 Å². The Kier molecular flexibility index (Phi) is 5.09. The Morgan fingerprint density at radius 2 is 1.76 bits per heavy atom. The van der Waals surface area contributed by atoms with Crippen LogP contribution < -0.4 is 10.2 Å². The Balaban J connectivity index is 1.61. The number of carbonyl (C=O) groups excluding carboxylic acids is 1. The van der Waals surface area contributed by atoms with Gasteiger partial charge in [0.25, 0.3) is 5.91 Å². The number of hydrogen-bond donors (Lipinski definition) is 1. The van der Waals surface area contributed by atoms with Crippen LogP contribution in [0, 0.1) is 6.92 Å². The highest BCUT2D eigenvalue weighted by molar-refractivity contribution is 5.86. The second-order valence-electron chi connectivity index (χ2n) is 5.86. The lowest BCUT2D eigenvalue weighted by atomic mass is 10.1. The molecule has 25 heavy (non-hydrogen) atoms. The third-order valence-electron chi connectivity index (χ3n) is 3.97. The number of nitrogens with zero attached hydrogens (tertiary/aromatic N) is 1. The highest BCUT2D eigenvalue weighted by Crippen LogP contribution is 2.21. The van der Waals surface area contributed by atoms with Crippen LogP contribution in [0.5, 0.6) is 5.75 Å². The number of nitrogens with one attached hydrogen (secondary N) is 1. The van der Waals surface area contributed by atoms with Gasteiger partial charge in [-0.3, -0.25) is 4.79 Å². The summed E-state index contributed by atoms with van der Waals surface area (Å²) in [4.78, 5) is 12.1. The van der Waals surface area contributed by atoms with Crippen LogP contribution in [-0.4, -0.2) is 18.2 Å². The molecular weight excluding hydrogens is 312 g/mol. The van der Waals surface area contributed by atoms with E-state index >= 15 is 0 Å². The predicted molar refractivity (Wildman–Crippen MR) is 101 cm³/mol. The predicted octanol–water partition coefficient (Wildman–Crippen LogP) is 4.07. The Labute approximate surface area is 147 Å². The molecule has 4 heteroatoms. The number of benzene rings is 3. The molecule has 0 fully saturated rings. The van der Waals surface area contributed by atoms with Gasteiger partial charge in [0, 0.05) is 0 Å². The lowest BCUT2D eigenvalue weighted by Crippen LogP contribution is -2.33. The molecule has 0 saturated carbocycles. The molecular formula is C21H20N2O2. The Morgan fingerprint density at radius 3 is 2.56 bits per heavy atom. The zero-order valence-corrected chi connectivity index (χ0v) is 14.3. The summed E-state index contributed by atoms with van der Waals surface area (Å²) in [7, 11) is 0. The molecule has 1 unspecified atom stereocenters. The van der Waals surface area contributed by atoms with Gasteiger partial charge >= 0.3 is 0 Å². The van der Waals surface area contributed by atoms with Crippen LogP contribution in [0.2, 0.25) is 0 Å². The monoisotopic (exact) mass is 332 g/mol. The summed E-state index contributed by atoms with van der Waals surface area (Å²) in [6.07, 6.45) is 0.992. The fourth-order valence-electron chi connectivity index (χ4n) is 2.49. The highest BCUT2D eigenvalue weighted by Gasteiger charge is 2.14. The van der Waals surface area contributed by atoms with Gasteiger partial charge in [-0.15, -0.1) is 0 Å². The summed E-state index contributed by atoms with van der Waals surface area (Å²) in [6, 6.07) is 21.6. The van der Waals surface area contributed by atoms with E-state index in [1.165, 1.54) is 0 Å². The van der Waals surface area contributed by atoms with E-state index in [4.69, 9.17) is 4.74 Å². The average molecular weight is 332 g/mol. The molecule has 1 atom stereocenters. The second kappa shape index (κ2) is 7.62. The van der Waals surface area contributed by atoms with Crippen molar-refractivity contribution in [1.29, 1.82) is 0 Å². The minimum Gasteiger partial charge on any atom is -0.481 e. The molecule has 0 aromatic heterocycles. The van der Waals surface area contributed by atoms with Crippen LogP contribution in [-0.2, 0) is 4.79 Å². The van der Waals surface area contributed by atoms with Gasteiger partial charge in [0.1, 0.15) is 5.75 Å². The molecule has 0 heterocycles. The number of aryl methyl sites for hydroxylation is 1. The van der Waals surface area contributed by atoms with Crippen LogP contribution >= 0.6 is 0 Å². The van der Waals surface area contributed by atoms with Crippen LogP contribution in [0.1, 0.15) is 18.1 Å². The van der Waals surface area contributed by atoms with Crippen molar-refractivity contribution in [1.82, 2.24) is 5.43 Å². The van der Waals surface area contributed by atoms with Gasteiger partial charge in [0.2, 0.25) is 0 Å². The van der Waals surface area contributed by atoms with E-state index in [1.54, 1.807) is 13.1 Å². The molecule has 3 aromatic rings. The van der Waals surface area contributed by atoms with Crippen molar-refractivity contribution >= 4 is 22.9 Å². The van der Waals surface area contributed by atoms with E-state index in [9.17, 15) is 4.79 Å². The molecule has 0 saturated heterocycles. The number of amides is 1. The number of carbonyl (C=O) groups is 1. The van der Waals surface area contributed by atoms with Gasteiger partial charge < -0.3 is 4.74 Å². The molecule has 126 valence electrons. The summed E-state index contributed by atoms with van der Waals surface area (Å²) in [5, 5.41) is 6.22. The van der Waals surface area contributed by atoms with Gasteiger partial charge in [-0.25, -0.2) is 5.43 Å². The molecule has 1 amide bonds. The summed E-state index contributed by atoms with van der Waals surface area (Å²) in [6.45, 7) is 3.70. The van der Waals surface area contributed by atoms with Crippen molar-refractivity contribution in [3.63, 3.8) is 0 Å². The molecule has 4 nitrogen and oxygen atoms in total. The average Bonchev–Trinajstić information content (AvgIpc) is 2.63. The molecule has 0 aliphatic carbocycles. The fraction of sp³-hybridized carbons (Fsp3) is 0.143.